The van der Waals surface area contributed by atoms with Crippen molar-refractivity contribution in [1.82, 2.24) is 0 Å². The van der Waals surface area contributed by atoms with Crippen LogP contribution in [0.5, 0.6) is 5.75 Å². The number of rotatable bonds is 8. The van der Waals surface area contributed by atoms with Gasteiger partial charge in [-0.15, -0.1) is 0 Å². The Morgan fingerprint density at radius 3 is 2.71 bits per heavy atom. The highest BCUT2D eigenvalue weighted by atomic mass is 32.2. The summed E-state index contributed by atoms with van der Waals surface area (Å²) in [7, 11) is 0. The highest BCUT2D eigenvalue weighted by Crippen LogP contribution is 2.20. The Labute approximate surface area is 108 Å². The van der Waals surface area contributed by atoms with Crippen molar-refractivity contribution in [2.45, 2.75) is 26.7 Å². The maximum atomic E-state index is 12.0. The van der Waals surface area contributed by atoms with Gasteiger partial charge in [0, 0.05) is 0 Å². The number of ether oxygens (including phenoxy) is 1. The summed E-state index contributed by atoms with van der Waals surface area (Å²) in [6.07, 6.45) is 2.05. The zero-order valence-electron chi connectivity index (χ0n) is 10.6. The van der Waals surface area contributed by atoms with Crippen molar-refractivity contribution in [2.75, 3.05) is 18.1 Å². The van der Waals surface area contributed by atoms with E-state index in [0.717, 1.165) is 24.3 Å². The van der Waals surface area contributed by atoms with E-state index >= 15 is 0 Å². The number of thioether (sulfide) groups is 1. The van der Waals surface area contributed by atoms with Crippen LogP contribution in [0.1, 0.15) is 37.0 Å². The van der Waals surface area contributed by atoms with Gasteiger partial charge in [0.2, 0.25) is 0 Å². The zero-order chi connectivity index (χ0) is 12.5. The van der Waals surface area contributed by atoms with Gasteiger partial charge in [0.25, 0.3) is 0 Å². The molecule has 0 aliphatic carbocycles. The van der Waals surface area contributed by atoms with E-state index in [0.29, 0.717) is 17.9 Å². The lowest BCUT2D eigenvalue weighted by atomic mass is 10.1. The Morgan fingerprint density at radius 1 is 1.24 bits per heavy atom. The smallest absolute Gasteiger partial charge is 0.176 e. The summed E-state index contributed by atoms with van der Waals surface area (Å²) in [6, 6.07) is 7.50. The minimum atomic E-state index is 0.162. The molecule has 0 fully saturated rings. The quantitative estimate of drug-likeness (QED) is 0.520. The number of Topliss-reactive ketones (excluding diaryl/α,β-unsaturated/α-hetero) is 1. The molecular formula is C14H20O2S. The van der Waals surface area contributed by atoms with Gasteiger partial charge >= 0.3 is 0 Å². The van der Waals surface area contributed by atoms with Crippen LogP contribution in [-0.2, 0) is 0 Å². The molecule has 17 heavy (non-hydrogen) atoms. The van der Waals surface area contributed by atoms with Crippen molar-refractivity contribution in [3.63, 3.8) is 0 Å². The van der Waals surface area contributed by atoms with Gasteiger partial charge in [-0.1, -0.05) is 26.0 Å². The molecule has 0 saturated carbocycles. The second-order valence-electron chi connectivity index (χ2n) is 3.82. The lowest BCUT2D eigenvalue weighted by molar-refractivity contribution is 0.101. The minimum absolute atomic E-state index is 0.162. The van der Waals surface area contributed by atoms with Crippen LogP contribution in [-0.4, -0.2) is 23.9 Å². The predicted octanol–water partition coefficient (Wildman–Crippen LogP) is 3.80. The van der Waals surface area contributed by atoms with Crippen LogP contribution in [0.25, 0.3) is 0 Å². The van der Waals surface area contributed by atoms with Crippen LogP contribution in [0.4, 0.5) is 0 Å². The number of ketones is 1. The van der Waals surface area contributed by atoms with Gasteiger partial charge < -0.3 is 4.74 Å². The van der Waals surface area contributed by atoms with E-state index in [1.54, 1.807) is 11.8 Å². The molecule has 0 aliphatic heterocycles. The maximum Gasteiger partial charge on any atom is 0.176 e. The first-order chi connectivity index (χ1) is 8.29. The van der Waals surface area contributed by atoms with Crippen LogP contribution in [0, 0.1) is 0 Å². The Balaban J connectivity index is 2.64. The lowest BCUT2D eigenvalue weighted by Gasteiger charge is -2.09. The Bertz CT molecular complexity index is 350. The Kier molecular flexibility index (Phi) is 6.78. The van der Waals surface area contributed by atoms with Crippen LogP contribution >= 0.6 is 11.8 Å². The van der Waals surface area contributed by atoms with E-state index in [4.69, 9.17) is 4.74 Å². The average molecular weight is 252 g/mol. The summed E-state index contributed by atoms with van der Waals surface area (Å²) in [6.45, 7) is 4.84. The first-order valence-corrected chi connectivity index (χ1v) is 7.27. The number of carbonyl (C=O) groups excluding carboxylic acids is 1. The molecule has 0 heterocycles. The van der Waals surface area contributed by atoms with E-state index in [-0.39, 0.29) is 5.78 Å². The van der Waals surface area contributed by atoms with Crippen LogP contribution in [0.3, 0.4) is 0 Å². The van der Waals surface area contributed by atoms with E-state index in [1.165, 1.54) is 0 Å². The van der Waals surface area contributed by atoms with E-state index < -0.39 is 0 Å². The highest BCUT2D eigenvalue weighted by molar-refractivity contribution is 7.99. The number of hydrogen-bond acceptors (Lipinski definition) is 3. The van der Waals surface area contributed by atoms with Crippen LogP contribution in [0.15, 0.2) is 24.3 Å². The van der Waals surface area contributed by atoms with Crippen molar-refractivity contribution in [3.8, 4) is 5.75 Å². The van der Waals surface area contributed by atoms with Gasteiger partial charge in [0.15, 0.2) is 5.78 Å². The molecule has 0 aliphatic rings. The molecule has 2 nitrogen and oxygen atoms in total. The van der Waals surface area contributed by atoms with E-state index in [1.807, 2.05) is 24.3 Å². The number of hydrogen-bond donors (Lipinski definition) is 0. The number of benzene rings is 1. The van der Waals surface area contributed by atoms with E-state index in [9.17, 15) is 4.79 Å². The summed E-state index contributed by atoms with van der Waals surface area (Å²) in [5, 5.41) is 0. The molecule has 0 atom stereocenters. The molecule has 1 rings (SSSR count). The van der Waals surface area contributed by atoms with Crippen LogP contribution in [0.2, 0.25) is 0 Å². The van der Waals surface area contributed by atoms with Crippen molar-refractivity contribution in [3.05, 3.63) is 29.8 Å². The molecule has 0 unspecified atom stereocenters. The van der Waals surface area contributed by atoms with Crippen LogP contribution < -0.4 is 4.74 Å². The van der Waals surface area contributed by atoms with Crippen molar-refractivity contribution < 1.29 is 9.53 Å². The van der Waals surface area contributed by atoms with Gasteiger partial charge in [-0.3, -0.25) is 4.79 Å². The molecule has 0 spiro atoms. The largest absolute Gasteiger partial charge is 0.493 e. The molecular weight excluding hydrogens is 232 g/mol. The van der Waals surface area contributed by atoms with Gasteiger partial charge in [-0.2, -0.15) is 11.8 Å². The number of carbonyl (C=O) groups is 1. The van der Waals surface area contributed by atoms with Crippen molar-refractivity contribution in [1.29, 1.82) is 0 Å². The fourth-order valence-electron chi connectivity index (χ4n) is 1.42. The third-order valence-electron chi connectivity index (χ3n) is 2.23. The summed E-state index contributed by atoms with van der Waals surface area (Å²) in [5.41, 5.74) is 0.713. The molecule has 1 aromatic carbocycles. The molecule has 94 valence electrons. The third kappa shape index (κ3) is 4.82. The molecule has 0 amide bonds. The lowest BCUT2D eigenvalue weighted by Crippen LogP contribution is -2.07. The highest BCUT2D eigenvalue weighted by Gasteiger charge is 2.11. The van der Waals surface area contributed by atoms with Gasteiger partial charge in [-0.25, -0.2) is 0 Å². The first kappa shape index (κ1) is 14.1. The minimum Gasteiger partial charge on any atom is -0.493 e. The van der Waals surface area contributed by atoms with Gasteiger partial charge in [0.1, 0.15) is 5.75 Å². The summed E-state index contributed by atoms with van der Waals surface area (Å²) < 4.78 is 5.58. The van der Waals surface area contributed by atoms with Gasteiger partial charge in [-0.05, 0) is 30.7 Å². The first-order valence-electron chi connectivity index (χ1n) is 6.12. The Hall–Kier alpha value is -0.960. The van der Waals surface area contributed by atoms with Crippen molar-refractivity contribution >= 4 is 17.5 Å². The van der Waals surface area contributed by atoms with Gasteiger partial charge in [0.05, 0.1) is 17.9 Å². The third-order valence-corrected chi connectivity index (χ3v) is 3.39. The normalized spacial score (nSPS) is 10.2. The summed E-state index contributed by atoms with van der Waals surface area (Å²) >= 11 is 1.68. The van der Waals surface area contributed by atoms with Crippen molar-refractivity contribution in [2.24, 2.45) is 0 Å². The maximum absolute atomic E-state index is 12.0. The molecule has 0 bridgehead atoms. The fourth-order valence-corrected chi connectivity index (χ4v) is 2.20. The monoisotopic (exact) mass is 252 g/mol. The topological polar surface area (TPSA) is 26.3 Å². The molecule has 0 saturated heterocycles. The second-order valence-corrected chi connectivity index (χ2v) is 4.93. The molecule has 0 N–H and O–H groups in total. The summed E-state index contributed by atoms with van der Waals surface area (Å²) in [5.74, 6) is 2.45. The zero-order valence-corrected chi connectivity index (χ0v) is 11.4. The Morgan fingerprint density at radius 2 is 2.00 bits per heavy atom. The van der Waals surface area contributed by atoms with E-state index in [2.05, 4.69) is 13.8 Å². The second kappa shape index (κ2) is 8.18. The average Bonchev–Trinajstić information content (AvgIpc) is 2.37. The fraction of sp³-hybridized carbons (Fsp3) is 0.500. The molecule has 1 aromatic rings. The molecule has 0 radical (unpaired) electrons. The molecule has 3 heteroatoms. The SMILES string of the molecule is CCCOc1ccccc1C(=O)CSCCC. The predicted molar refractivity (Wildman–Crippen MR) is 74.2 cm³/mol. The molecule has 0 aromatic heterocycles. The number of para-hydroxylation sites is 1. The summed E-state index contributed by atoms with van der Waals surface area (Å²) in [4.78, 5) is 12.0. The standard InChI is InChI=1S/C14H20O2S/c1-3-9-16-14-8-6-5-7-12(14)13(15)11-17-10-4-2/h5-8H,3-4,9-11H2,1-2H3.